The lowest BCUT2D eigenvalue weighted by atomic mass is 9.93. The average molecular weight is 257 g/mol. The molecule has 0 aliphatic rings. The Morgan fingerprint density at radius 3 is 2.32 bits per heavy atom. The molecule has 2 rings (SSSR count). The van der Waals surface area contributed by atoms with Crippen LogP contribution in [0, 0.1) is 20.8 Å². The Bertz CT molecular complexity index is 546. The number of nitrogens with zero attached hydrogens (tertiary/aromatic N) is 2. The number of hydrogen-bond donors (Lipinski definition) is 1. The predicted octanol–water partition coefficient (Wildman–Crippen LogP) is 2.85. The van der Waals surface area contributed by atoms with Gasteiger partial charge < -0.3 is 5.32 Å². The van der Waals surface area contributed by atoms with Gasteiger partial charge in [0.2, 0.25) is 0 Å². The van der Waals surface area contributed by atoms with Gasteiger partial charge in [-0.25, -0.2) is 0 Å². The predicted molar refractivity (Wildman–Crippen MR) is 79.4 cm³/mol. The van der Waals surface area contributed by atoms with E-state index in [-0.39, 0.29) is 0 Å². The monoisotopic (exact) mass is 257 g/mol. The quantitative estimate of drug-likeness (QED) is 0.912. The summed E-state index contributed by atoms with van der Waals surface area (Å²) in [5.74, 6) is 0. The molecule has 0 saturated carbocycles. The standard InChI is InChI=1S/C16H23N3/c1-11-8-12(2)14(13(3)9-11)10-15(17-4)16-6-7-18-19(16)5/h6-9,15,17H,10H2,1-5H3. The Kier molecular flexibility index (Phi) is 4.05. The lowest BCUT2D eigenvalue weighted by Gasteiger charge is -2.20. The van der Waals surface area contributed by atoms with Crippen molar-refractivity contribution >= 4 is 0 Å². The highest BCUT2D eigenvalue weighted by Gasteiger charge is 2.16. The topological polar surface area (TPSA) is 29.9 Å². The number of aryl methyl sites for hydroxylation is 4. The van der Waals surface area contributed by atoms with Crippen LogP contribution in [-0.4, -0.2) is 16.8 Å². The second-order valence-electron chi connectivity index (χ2n) is 5.30. The van der Waals surface area contributed by atoms with Crippen LogP contribution >= 0.6 is 0 Å². The van der Waals surface area contributed by atoms with Gasteiger partial charge in [-0.15, -0.1) is 0 Å². The Labute approximate surface area is 115 Å². The highest BCUT2D eigenvalue weighted by Crippen LogP contribution is 2.23. The summed E-state index contributed by atoms with van der Waals surface area (Å²) in [6.07, 6.45) is 2.85. The van der Waals surface area contributed by atoms with Crippen molar-refractivity contribution in [1.29, 1.82) is 0 Å². The smallest absolute Gasteiger partial charge is 0.0553 e. The zero-order valence-corrected chi connectivity index (χ0v) is 12.5. The van der Waals surface area contributed by atoms with E-state index in [0.29, 0.717) is 6.04 Å². The lowest BCUT2D eigenvalue weighted by Crippen LogP contribution is -2.22. The molecule has 0 radical (unpaired) electrons. The molecule has 1 heterocycles. The molecule has 1 N–H and O–H groups in total. The molecular weight excluding hydrogens is 234 g/mol. The molecule has 1 atom stereocenters. The molecular formula is C16H23N3. The first kappa shape index (κ1) is 13.8. The van der Waals surface area contributed by atoms with E-state index in [1.807, 2.05) is 25.0 Å². The summed E-state index contributed by atoms with van der Waals surface area (Å²) in [5.41, 5.74) is 6.74. The fourth-order valence-corrected chi connectivity index (χ4v) is 2.82. The zero-order valence-electron chi connectivity index (χ0n) is 12.5. The van der Waals surface area contributed by atoms with Gasteiger partial charge in [0.05, 0.1) is 11.7 Å². The van der Waals surface area contributed by atoms with Crippen molar-refractivity contribution in [3.8, 4) is 0 Å². The maximum atomic E-state index is 4.26. The maximum absolute atomic E-state index is 4.26. The summed E-state index contributed by atoms with van der Waals surface area (Å²) in [6, 6.07) is 6.91. The highest BCUT2D eigenvalue weighted by atomic mass is 15.3. The van der Waals surface area contributed by atoms with Gasteiger partial charge >= 0.3 is 0 Å². The summed E-state index contributed by atoms with van der Waals surface area (Å²) >= 11 is 0. The SMILES string of the molecule is CNC(Cc1c(C)cc(C)cc1C)c1ccnn1C. The molecule has 1 aromatic carbocycles. The number of hydrogen-bond acceptors (Lipinski definition) is 2. The van der Waals surface area contributed by atoms with E-state index in [1.54, 1.807) is 0 Å². The van der Waals surface area contributed by atoms with E-state index in [1.165, 1.54) is 27.9 Å². The molecule has 19 heavy (non-hydrogen) atoms. The summed E-state index contributed by atoms with van der Waals surface area (Å²) in [6.45, 7) is 6.55. The molecule has 1 aromatic heterocycles. The molecule has 0 fully saturated rings. The number of benzene rings is 1. The Morgan fingerprint density at radius 2 is 1.84 bits per heavy atom. The molecule has 3 nitrogen and oxygen atoms in total. The van der Waals surface area contributed by atoms with E-state index in [0.717, 1.165) is 6.42 Å². The Balaban J connectivity index is 2.32. The highest BCUT2D eigenvalue weighted by molar-refractivity contribution is 5.38. The summed E-state index contributed by atoms with van der Waals surface area (Å²) in [7, 11) is 4.01. The molecule has 0 aliphatic carbocycles. The summed E-state index contributed by atoms with van der Waals surface area (Å²) < 4.78 is 1.94. The lowest BCUT2D eigenvalue weighted by molar-refractivity contribution is 0.535. The van der Waals surface area contributed by atoms with Crippen LogP contribution in [0.25, 0.3) is 0 Å². The third-order valence-electron chi connectivity index (χ3n) is 3.81. The Morgan fingerprint density at radius 1 is 1.21 bits per heavy atom. The zero-order chi connectivity index (χ0) is 14.0. The molecule has 0 amide bonds. The van der Waals surface area contributed by atoms with Gasteiger partial charge in [-0.3, -0.25) is 4.68 Å². The van der Waals surface area contributed by atoms with Crippen molar-refractivity contribution in [3.05, 3.63) is 52.3 Å². The van der Waals surface area contributed by atoms with Crippen LogP contribution in [0.3, 0.4) is 0 Å². The Hall–Kier alpha value is -1.61. The molecule has 1 unspecified atom stereocenters. The molecule has 3 heteroatoms. The van der Waals surface area contributed by atoms with Crippen molar-refractivity contribution in [2.75, 3.05) is 7.05 Å². The fraction of sp³-hybridized carbons (Fsp3) is 0.438. The average Bonchev–Trinajstić information content (AvgIpc) is 2.75. The van der Waals surface area contributed by atoms with Gasteiger partial charge in [0.1, 0.15) is 0 Å². The van der Waals surface area contributed by atoms with E-state index < -0.39 is 0 Å². The van der Waals surface area contributed by atoms with E-state index in [4.69, 9.17) is 0 Å². The van der Waals surface area contributed by atoms with Crippen LogP contribution in [0.1, 0.15) is 34.0 Å². The number of rotatable bonds is 4. The van der Waals surface area contributed by atoms with Gasteiger partial charge in [0.25, 0.3) is 0 Å². The number of nitrogens with one attached hydrogen (secondary N) is 1. The molecule has 0 saturated heterocycles. The molecule has 0 spiro atoms. The minimum Gasteiger partial charge on any atom is -0.311 e. The van der Waals surface area contributed by atoms with Crippen molar-refractivity contribution in [2.24, 2.45) is 7.05 Å². The van der Waals surface area contributed by atoms with Gasteiger partial charge in [0, 0.05) is 13.2 Å². The van der Waals surface area contributed by atoms with Crippen molar-refractivity contribution in [2.45, 2.75) is 33.2 Å². The van der Waals surface area contributed by atoms with E-state index in [2.05, 4.69) is 49.4 Å². The van der Waals surface area contributed by atoms with Crippen LogP contribution in [0.5, 0.6) is 0 Å². The van der Waals surface area contributed by atoms with Gasteiger partial charge in [-0.1, -0.05) is 17.7 Å². The maximum Gasteiger partial charge on any atom is 0.0553 e. The number of aromatic nitrogens is 2. The molecule has 0 bridgehead atoms. The van der Waals surface area contributed by atoms with Crippen LogP contribution < -0.4 is 5.32 Å². The van der Waals surface area contributed by atoms with Crippen LogP contribution in [0.4, 0.5) is 0 Å². The summed E-state index contributed by atoms with van der Waals surface area (Å²) in [4.78, 5) is 0. The van der Waals surface area contributed by atoms with Crippen LogP contribution in [0.15, 0.2) is 24.4 Å². The molecule has 0 aliphatic heterocycles. The largest absolute Gasteiger partial charge is 0.311 e. The second kappa shape index (κ2) is 5.57. The minimum atomic E-state index is 0.299. The number of likely N-dealkylation sites (N-methyl/N-ethyl adjacent to an activating group) is 1. The first-order valence-corrected chi connectivity index (χ1v) is 6.74. The first-order valence-electron chi connectivity index (χ1n) is 6.74. The van der Waals surface area contributed by atoms with E-state index >= 15 is 0 Å². The normalized spacial score (nSPS) is 12.7. The molecule has 102 valence electrons. The fourth-order valence-electron chi connectivity index (χ4n) is 2.82. The van der Waals surface area contributed by atoms with E-state index in [9.17, 15) is 0 Å². The van der Waals surface area contributed by atoms with Gasteiger partial charge in [0.15, 0.2) is 0 Å². The van der Waals surface area contributed by atoms with Crippen molar-refractivity contribution in [1.82, 2.24) is 15.1 Å². The van der Waals surface area contributed by atoms with Crippen molar-refractivity contribution in [3.63, 3.8) is 0 Å². The van der Waals surface area contributed by atoms with Crippen LogP contribution in [0.2, 0.25) is 0 Å². The minimum absolute atomic E-state index is 0.299. The first-order chi connectivity index (χ1) is 9.02. The summed E-state index contributed by atoms with van der Waals surface area (Å²) in [5, 5.41) is 7.66. The second-order valence-corrected chi connectivity index (χ2v) is 5.30. The van der Waals surface area contributed by atoms with Crippen molar-refractivity contribution < 1.29 is 0 Å². The third-order valence-corrected chi connectivity index (χ3v) is 3.81. The van der Waals surface area contributed by atoms with Gasteiger partial charge in [-0.2, -0.15) is 5.10 Å². The molecule has 2 aromatic rings. The van der Waals surface area contributed by atoms with Crippen LogP contribution in [-0.2, 0) is 13.5 Å². The third kappa shape index (κ3) is 2.87. The van der Waals surface area contributed by atoms with Gasteiger partial charge in [-0.05, 0) is 57.0 Å².